The first kappa shape index (κ1) is 26.2. The predicted octanol–water partition coefficient (Wildman–Crippen LogP) is 2.34. The highest BCUT2D eigenvalue weighted by atomic mass is 32.2. The quantitative estimate of drug-likeness (QED) is 0.255. The molecule has 10 nitrogen and oxygen atoms in total. The number of aliphatic hydroxyl groups is 1. The lowest BCUT2D eigenvalue weighted by molar-refractivity contribution is 0.0980. The van der Waals surface area contributed by atoms with Crippen LogP contribution >= 0.6 is 0 Å². The van der Waals surface area contributed by atoms with Crippen molar-refractivity contribution in [2.45, 2.75) is 43.9 Å². The van der Waals surface area contributed by atoms with Crippen molar-refractivity contribution in [1.82, 2.24) is 15.0 Å². The smallest absolute Gasteiger partial charge is 0.404 e. The van der Waals surface area contributed by atoms with E-state index in [0.29, 0.717) is 5.56 Å². The minimum atomic E-state index is -3.97. The Hall–Kier alpha value is -3.02. The molecule has 0 radical (unpaired) electrons. The van der Waals surface area contributed by atoms with Gasteiger partial charge in [0.15, 0.2) is 0 Å². The molecular formula is C22H30N4O6S. The summed E-state index contributed by atoms with van der Waals surface area (Å²) < 4.78 is 27.8. The van der Waals surface area contributed by atoms with Crippen molar-refractivity contribution < 1.29 is 23.4 Å². The van der Waals surface area contributed by atoms with Gasteiger partial charge < -0.3 is 15.5 Å². The molecule has 2 rings (SSSR count). The van der Waals surface area contributed by atoms with E-state index >= 15 is 0 Å². The number of carboxylic acid groups (broad SMARTS) is 1. The second-order valence-electron chi connectivity index (χ2n) is 8.10. The molecule has 2 aromatic carbocycles. The average Bonchev–Trinajstić information content (AvgIpc) is 2.77. The molecule has 33 heavy (non-hydrogen) atoms. The van der Waals surface area contributed by atoms with Crippen LogP contribution in [0.3, 0.4) is 0 Å². The first-order valence-electron chi connectivity index (χ1n) is 10.5. The second kappa shape index (κ2) is 12.3. The Labute approximate surface area is 193 Å². The number of carbonyl (C=O) groups is 1. The number of amides is 1. The number of hydrogen-bond acceptors (Lipinski definition) is 6. The summed E-state index contributed by atoms with van der Waals surface area (Å²) in [5.41, 5.74) is 3.75. The molecule has 4 N–H and O–H groups in total. The number of nitroso groups, excluding NO2 is 1. The van der Waals surface area contributed by atoms with E-state index in [9.17, 15) is 28.3 Å². The van der Waals surface area contributed by atoms with Gasteiger partial charge >= 0.3 is 6.09 Å². The fraction of sp³-hybridized carbons (Fsp3) is 0.409. The maximum atomic E-state index is 13.3. The maximum Gasteiger partial charge on any atom is 0.404 e. The molecule has 0 bridgehead atoms. The van der Waals surface area contributed by atoms with Gasteiger partial charge in [0.1, 0.15) is 0 Å². The van der Waals surface area contributed by atoms with Crippen molar-refractivity contribution in [1.29, 1.82) is 0 Å². The zero-order valence-corrected chi connectivity index (χ0v) is 19.4. The summed E-state index contributed by atoms with van der Waals surface area (Å²) in [5.74, 6) is -0.0332. The molecule has 11 heteroatoms. The SMILES string of the molecule is CC(C)CN(C[C@@H](O)[C@H](Cc1ccccc1)NC(=O)O)S(=O)(=O)c1ccc(CNN=O)cc1. The molecule has 180 valence electrons. The van der Waals surface area contributed by atoms with E-state index in [1.807, 2.05) is 32.0 Å². The van der Waals surface area contributed by atoms with Gasteiger partial charge in [0, 0.05) is 18.4 Å². The van der Waals surface area contributed by atoms with Gasteiger partial charge in [-0.25, -0.2) is 13.2 Å². The number of aliphatic hydroxyl groups excluding tert-OH is 1. The molecule has 0 unspecified atom stereocenters. The van der Waals surface area contributed by atoms with Crippen LogP contribution in [0.4, 0.5) is 4.79 Å². The van der Waals surface area contributed by atoms with Crippen LogP contribution in [0.5, 0.6) is 0 Å². The van der Waals surface area contributed by atoms with Gasteiger partial charge in [-0.3, -0.25) is 5.43 Å². The van der Waals surface area contributed by atoms with Gasteiger partial charge in [0.05, 0.1) is 23.6 Å². The normalized spacial score (nSPS) is 13.5. The Bertz CT molecular complexity index is 999. The molecule has 0 spiro atoms. The van der Waals surface area contributed by atoms with Crippen molar-refractivity contribution in [3.63, 3.8) is 0 Å². The van der Waals surface area contributed by atoms with Crippen LogP contribution in [0.15, 0.2) is 64.8 Å². The van der Waals surface area contributed by atoms with Crippen LogP contribution in [-0.4, -0.2) is 54.3 Å². The molecule has 0 aliphatic carbocycles. The molecule has 0 aliphatic rings. The summed E-state index contributed by atoms with van der Waals surface area (Å²) in [6.45, 7) is 3.74. The van der Waals surface area contributed by atoms with Gasteiger partial charge in [0.25, 0.3) is 0 Å². The molecule has 0 saturated carbocycles. The lowest BCUT2D eigenvalue weighted by Gasteiger charge is -2.30. The largest absolute Gasteiger partial charge is 0.465 e. The van der Waals surface area contributed by atoms with Crippen LogP contribution in [0.2, 0.25) is 0 Å². The molecule has 2 atom stereocenters. The summed E-state index contributed by atoms with van der Waals surface area (Å²) in [7, 11) is -3.97. The summed E-state index contributed by atoms with van der Waals surface area (Å²) in [4.78, 5) is 21.5. The summed E-state index contributed by atoms with van der Waals surface area (Å²) in [6, 6.07) is 14.1. The number of sulfonamides is 1. The number of hydrogen-bond donors (Lipinski definition) is 4. The summed E-state index contributed by atoms with van der Waals surface area (Å²) in [6.07, 6.45) is -2.38. The molecule has 1 amide bonds. The highest BCUT2D eigenvalue weighted by Crippen LogP contribution is 2.20. The molecule has 0 aliphatic heterocycles. The highest BCUT2D eigenvalue weighted by molar-refractivity contribution is 7.89. The van der Waals surface area contributed by atoms with E-state index in [4.69, 9.17) is 0 Å². The minimum absolute atomic E-state index is 0.0314. The van der Waals surface area contributed by atoms with Gasteiger partial charge in [-0.1, -0.05) is 56.3 Å². The van der Waals surface area contributed by atoms with E-state index in [0.717, 1.165) is 5.56 Å². The second-order valence-corrected chi connectivity index (χ2v) is 10.0. The number of rotatable bonds is 13. The average molecular weight is 479 g/mol. The first-order chi connectivity index (χ1) is 15.6. The van der Waals surface area contributed by atoms with Crippen LogP contribution in [0.25, 0.3) is 0 Å². The molecule has 0 fully saturated rings. The van der Waals surface area contributed by atoms with E-state index in [1.165, 1.54) is 16.4 Å². The molecule has 0 aromatic heterocycles. The first-order valence-corrected chi connectivity index (χ1v) is 11.9. The van der Waals surface area contributed by atoms with E-state index in [1.54, 1.807) is 24.3 Å². The molecule has 0 heterocycles. The number of nitrogens with zero attached hydrogens (tertiary/aromatic N) is 2. The van der Waals surface area contributed by atoms with Crippen molar-refractivity contribution in [2.75, 3.05) is 13.1 Å². The lowest BCUT2D eigenvalue weighted by atomic mass is 10.0. The fourth-order valence-corrected chi connectivity index (χ4v) is 5.00. The van der Waals surface area contributed by atoms with Crippen molar-refractivity contribution in [3.05, 3.63) is 70.6 Å². The summed E-state index contributed by atoms with van der Waals surface area (Å²) in [5, 5.41) is 25.0. The fourth-order valence-electron chi connectivity index (χ4n) is 3.38. The van der Waals surface area contributed by atoms with E-state index in [-0.39, 0.29) is 36.9 Å². The van der Waals surface area contributed by atoms with Gasteiger partial charge in [-0.05, 0) is 35.6 Å². The van der Waals surface area contributed by atoms with Crippen LogP contribution in [0.1, 0.15) is 25.0 Å². The Morgan fingerprint density at radius 2 is 1.67 bits per heavy atom. The number of nitrogens with one attached hydrogen (secondary N) is 2. The van der Waals surface area contributed by atoms with Crippen LogP contribution < -0.4 is 10.7 Å². The third-order valence-corrected chi connectivity index (χ3v) is 6.79. The predicted molar refractivity (Wildman–Crippen MR) is 124 cm³/mol. The summed E-state index contributed by atoms with van der Waals surface area (Å²) >= 11 is 0. The number of benzene rings is 2. The Morgan fingerprint density at radius 1 is 1.03 bits per heavy atom. The van der Waals surface area contributed by atoms with Gasteiger partial charge in [-0.15, -0.1) is 4.91 Å². The van der Waals surface area contributed by atoms with Crippen molar-refractivity contribution in [3.8, 4) is 0 Å². The standard InChI is InChI=1S/C22H30N4O6S/c1-16(2)14-26(33(31,32)19-10-8-18(9-11-19)13-23-25-30)15-21(27)20(24-22(28)29)12-17-6-4-3-5-7-17/h3-11,16,20-21,24,27H,12-15H2,1-2H3,(H,23,30)(H,28,29)/t20-,21+/m0/s1. The third-order valence-electron chi connectivity index (χ3n) is 4.94. The van der Waals surface area contributed by atoms with Crippen LogP contribution in [-0.2, 0) is 23.0 Å². The highest BCUT2D eigenvalue weighted by Gasteiger charge is 2.31. The van der Waals surface area contributed by atoms with E-state index < -0.39 is 28.3 Å². The van der Waals surface area contributed by atoms with Crippen molar-refractivity contribution in [2.24, 2.45) is 11.2 Å². The zero-order valence-electron chi connectivity index (χ0n) is 18.6. The molecule has 0 saturated heterocycles. The monoisotopic (exact) mass is 478 g/mol. The van der Waals surface area contributed by atoms with Gasteiger partial charge in [-0.2, -0.15) is 4.31 Å². The van der Waals surface area contributed by atoms with Crippen LogP contribution in [0, 0.1) is 10.8 Å². The Balaban J connectivity index is 2.25. The lowest BCUT2D eigenvalue weighted by Crippen LogP contribution is -2.50. The van der Waals surface area contributed by atoms with Crippen molar-refractivity contribution >= 4 is 16.1 Å². The Kier molecular flexibility index (Phi) is 9.76. The topological polar surface area (TPSA) is 148 Å². The van der Waals surface area contributed by atoms with E-state index in [2.05, 4.69) is 16.0 Å². The third kappa shape index (κ3) is 8.12. The molecular weight excluding hydrogens is 448 g/mol. The molecule has 2 aromatic rings. The Morgan fingerprint density at radius 3 is 2.21 bits per heavy atom. The maximum absolute atomic E-state index is 13.3. The zero-order chi connectivity index (χ0) is 24.4. The van der Waals surface area contributed by atoms with Gasteiger partial charge in [0.2, 0.25) is 10.0 Å². The minimum Gasteiger partial charge on any atom is -0.465 e.